The molecular weight excluding hydrogens is 526 g/mol. The Morgan fingerprint density at radius 3 is 2.00 bits per heavy atom. The fourth-order valence-electron chi connectivity index (χ4n) is 4.05. The lowest BCUT2D eigenvalue weighted by Gasteiger charge is -2.15. The van der Waals surface area contributed by atoms with Gasteiger partial charge in [0.05, 0.1) is 19.9 Å². The molecule has 40 heavy (non-hydrogen) atoms. The van der Waals surface area contributed by atoms with Gasteiger partial charge in [-0.1, -0.05) is 36.0 Å². The summed E-state index contributed by atoms with van der Waals surface area (Å²) >= 11 is 1.15. The van der Waals surface area contributed by atoms with Crippen molar-refractivity contribution >= 4 is 46.5 Å². The van der Waals surface area contributed by atoms with Gasteiger partial charge in [-0.2, -0.15) is 0 Å². The smallest absolute Gasteiger partial charge is 0.283 e. The maximum absolute atomic E-state index is 13.7. The average Bonchev–Trinajstić information content (AvgIpc) is 3.21. The summed E-state index contributed by atoms with van der Waals surface area (Å²) < 4.78 is 10.4. The van der Waals surface area contributed by atoms with E-state index in [1.165, 1.54) is 0 Å². The van der Waals surface area contributed by atoms with Crippen molar-refractivity contribution in [3.63, 3.8) is 0 Å². The van der Waals surface area contributed by atoms with Crippen LogP contribution in [-0.4, -0.2) is 31.9 Å². The molecule has 200 valence electrons. The van der Waals surface area contributed by atoms with Crippen molar-refractivity contribution in [2.24, 2.45) is 0 Å². The Morgan fingerprint density at radius 2 is 1.35 bits per heavy atom. The second-order valence-corrected chi connectivity index (χ2v) is 9.74. The third-order valence-corrected chi connectivity index (χ3v) is 7.15. The van der Waals surface area contributed by atoms with Crippen LogP contribution in [0.4, 0.5) is 17.1 Å². The summed E-state index contributed by atoms with van der Waals surface area (Å²) in [5.41, 5.74) is 2.30. The Balaban J connectivity index is 1.42. The molecule has 0 aromatic heterocycles. The maximum atomic E-state index is 13.7. The summed E-state index contributed by atoms with van der Waals surface area (Å²) in [4.78, 5) is 42.0. The van der Waals surface area contributed by atoms with E-state index in [-0.39, 0.29) is 16.5 Å². The molecule has 9 heteroatoms. The molecule has 8 nitrogen and oxygen atoms in total. The quantitative estimate of drug-likeness (QED) is 0.248. The van der Waals surface area contributed by atoms with Gasteiger partial charge in [-0.25, -0.2) is 4.90 Å². The molecule has 0 atom stereocenters. The molecular formula is C31H25N3O5S. The van der Waals surface area contributed by atoms with E-state index in [4.69, 9.17) is 9.47 Å². The van der Waals surface area contributed by atoms with E-state index in [2.05, 4.69) is 10.6 Å². The lowest BCUT2D eigenvalue weighted by atomic mass is 10.2. The van der Waals surface area contributed by atoms with E-state index in [1.54, 1.807) is 80.9 Å². The highest BCUT2D eigenvalue weighted by atomic mass is 32.2. The number of rotatable bonds is 9. The Labute approximate surface area is 235 Å². The standard InChI is InChI=1S/C31H25N3O5S/c1-38-24-15-11-20(12-16-24)29(35)33-22-9-6-10-26(19-22)40-28-27(32-21-7-4-3-5-8-21)30(36)34(31(28)37)23-13-17-25(39-2)18-14-23/h3-19,32H,1-2H3,(H,33,35). The van der Waals surface area contributed by atoms with Crippen molar-refractivity contribution in [3.05, 3.63) is 119 Å². The highest BCUT2D eigenvalue weighted by Crippen LogP contribution is 2.39. The van der Waals surface area contributed by atoms with E-state index < -0.39 is 11.8 Å². The SMILES string of the molecule is COc1ccc(C(=O)Nc2cccc(SC3=C(Nc4ccccc4)C(=O)N(c4ccc(OC)cc4)C3=O)c2)cc1. The molecule has 0 unspecified atom stereocenters. The third kappa shape index (κ3) is 5.69. The predicted octanol–water partition coefficient (Wildman–Crippen LogP) is 5.95. The number of ether oxygens (including phenoxy) is 2. The first-order chi connectivity index (χ1) is 19.5. The van der Waals surface area contributed by atoms with Crippen LogP contribution in [0.1, 0.15) is 10.4 Å². The molecule has 4 aromatic rings. The van der Waals surface area contributed by atoms with Crippen LogP contribution in [-0.2, 0) is 9.59 Å². The second-order valence-electron chi connectivity index (χ2n) is 8.65. The van der Waals surface area contributed by atoms with Crippen LogP contribution in [0.2, 0.25) is 0 Å². The molecule has 0 fully saturated rings. The Morgan fingerprint density at radius 1 is 0.725 bits per heavy atom. The zero-order valence-electron chi connectivity index (χ0n) is 21.7. The number of methoxy groups -OCH3 is 2. The highest BCUT2D eigenvalue weighted by Gasteiger charge is 2.40. The normalized spacial score (nSPS) is 12.9. The summed E-state index contributed by atoms with van der Waals surface area (Å²) in [6, 6.07) is 29.8. The van der Waals surface area contributed by atoms with Gasteiger partial charge in [0.25, 0.3) is 17.7 Å². The van der Waals surface area contributed by atoms with Gasteiger partial charge in [0.1, 0.15) is 22.1 Å². The van der Waals surface area contributed by atoms with E-state index in [9.17, 15) is 14.4 Å². The lowest BCUT2D eigenvalue weighted by molar-refractivity contribution is -0.120. The summed E-state index contributed by atoms with van der Waals surface area (Å²) in [7, 11) is 3.11. The number of nitrogens with zero attached hydrogens (tertiary/aromatic N) is 1. The highest BCUT2D eigenvalue weighted by molar-refractivity contribution is 8.04. The van der Waals surface area contributed by atoms with E-state index >= 15 is 0 Å². The molecule has 0 aliphatic carbocycles. The molecule has 5 rings (SSSR count). The van der Waals surface area contributed by atoms with Crippen molar-refractivity contribution in [1.82, 2.24) is 0 Å². The monoisotopic (exact) mass is 551 g/mol. The van der Waals surface area contributed by atoms with Crippen LogP contribution in [0.5, 0.6) is 11.5 Å². The fourth-order valence-corrected chi connectivity index (χ4v) is 5.03. The van der Waals surface area contributed by atoms with Crippen molar-refractivity contribution in [1.29, 1.82) is 0 Å². The van der Waals surface area contributed by atoms with Crippen LogP contribution in [0.15, 0.2) is 119 Å². The third-order valence-electron chi connectivity index (χ3n) is 6.08. The van der Waals surface area contributed by atoms with E-state index in [0.29, 0.717) is 39.0 Å². The van der Waals surface area contributed by atoms with Crippen LogP contribution in [0.3, 0.4) is 0 Å². The van der Waals surface area contributed by atoms with Gasteiger partial charge in [-0.05, 0) is 78.9 Å². The number of anilines is 3. The van der Waals surface area contributed by atoms with Gasteiger partial charge < -0.3 is 20.1 Å². The molecule has 0 spiro atoms. The number of hydrogen-bond acceptors (Lipinski definition) is 7. The molecule has 3 amide bonds. The van der Waals surface area contributed by atoms with Gasteiger partial charge >= 0.3 is 0 Å². The first-order valence-corrected chi connectivity index (χ1v) is 13.1. The molecule has 1 heterocycles. The summed E-state index contributed by atoms with van der Waals surface area (Å²) in [6.45, 7) is 0. The zero-order valence-corrected chi connectivity index (χ0v) is 22.5. The minimum Gasteiger partial charge on any atom is -0.497 e. The number of thioether (sulfide) groups is 1. The molecule has 1 aliphatic heterocycles. The van der Waals surface area contributed by atoms with Gasteiger partial charge in [0.2, 0.25) is 0 Å². The van der Waals surface area contributed by atoms with E-state index in [0.717, 1.165) is 16.7 Å². The maximum Gasteiger partial charge on any atom is 0.283 e. The largest absolute Gasteiger partial charge is 0.497 e. The van der Waals surface area contributed by atoms with E-state index in [1.807, 2.05) is 36.4 Å². The molecule has 4 aromatic carbocycles. The van der Waals surface area contributed by atoms with Crippen molar-refractivity contribution in [3.8, 4) is 11.5 Å². The summed E-state index contributed by atoms with van der Waals surface area (Å²) in [5.74, 6) is 0.0640. The molecule has 0 bridgehead atoms. The molecule has 0 saturated heterocycles. The number of para-hydroxylation sites is 1. The van der Waals surface area contributed by atoms with Gasteiger partial charge in [0, 0.05) is 21.8 Å². The van der Waals surface area contributed by atoms with Crippen LogP contribution >= 0.6 is 11.8 Å². The van der Waals surface area contributed by atoms with Gasteiger partial charge in [-0.15, -0.1) is 0 Å². The minimum absolute atomic E-state index is 0.171. The van der Waals surface area contributed by atoms with Crippen molar-refractivity contribution in [2.45, 2.75) is 4.90 Å². The molecule has 0 saturated carbocycles. The van der Waals surface area contributed by atoms with Gasteiger partial charge in [-0.3, -0.25) is 14.4 Å². The first-order valence-electron chi connectivity index (χ1n) is 12.3. The second kappa shape index (κ2) is 11.8. The number of imide groups is 1. The fraction of sp³-hybridized carbons (Fsp3) is 0.0645. The number of carbonyl (C=O) groups is 3. The number of hydrogen-bond donors (Lipinski definition) is 2. The van der Waals surface area contributed by atoms with Crippen molar-refractivity contribution in [2.75, 3.05) is 29.8 Å². The Kier molecular flexibility index (Phi) is 7.84. The Hall–Kier alpha value is -5.02. The predicted molar refractivity (Wildman–Crippen MR) is 156 cm³/mol. The number of nitrogens with one attached hydrogen (secondary N) is 2. The van der Waals surface area contributed by atoms with Gasteiger partial charge in [0.15, 0.2) is 0 Å². The molecule has 1 aliphatic rings. The number of benzene rings is 4. The van der Waals surface area contributed by atoms with Crippen LogP contribution < -0.4 is 25.0 Å². The zero-order chi connectivity index (χ0) is 28.1. The first kappa shape index (κ1) is 26.6. The summed E-state index contributed by atoms with van der Waals surface area (Å²) in [5, 5.41) is 6.01. The van der Waals surface area contributed by atoms with Crippen LogP contribution in [0, 0.1) is 0 Å². The Bertz CT molecular complexity index is 1590. The number of carbonyl (C=O) groups excluding carboxylic acids is 3. The topological polar surface area (TPSA) is 97.0 Å². The van der Waals surface area contributed by atoms with Crippen molar-refractivity contribution < 1.29 is 23.9 Å². The number of amides is 3. The minimum atomic E-state index is -0.467. The summed E-state index contributed by atoms with van der Waals surface area (Å²) in [6.07, 6.45) is 0. The molecule has 0 radical (unpaired) electrons. The van der Waals surface area contributed by atoms with Crippen LogP contribution in [0.25, 0.3) is 0 Å². The lowest BCUT2D eigenvalue weighted by Crippen LogP contribution is -2.32. The average molecular weight is 552 g/mol. The molecule has 2 N–H and O–H groups in total.